The van der Waals surface area contributed by atoms with Crippen LogP contribution in [0.1, 0.15) is 30.4 Å². The third-order valence-electron chi connectivity index (χ3n) is 4.22. The molecule has 0 amide bonds. The van der Waals surface area contributed by atoms with Crippen molar-refractivity contribution < 1.29 is 4.74 Å². The number of fused-ring (bicyclic) bond motifs is 1. The molecule has 2 aliphatic heterocycles. The first-order valence-corrected chi connectivity index (χ1v) is 7.45. The van der Waals surface area contributed by atoms with Crippen LogP contribution in [0.2, 0.25) is 0 Å². The fraction of sp³-hybridized carbons (Fsp3) is 0.625. The lowest BCUT2D eigenvalue weighted by atomic mass is 9.90. The number of hydrogen-bond donors (Lipinski definition) is 1. The molecule has 2 unspecified atom stereocenters. The number of hydrogen-bond acceptors (Lipinski definition) is 3. The standard InChI is InChI=1S/C16H24N2O/c1-13-11-18(7-4-8-19-13)12-15-10-17-9-14-5-2-3-6-16(14)15/h2-3,5-6,13,15,17H,4,7-12H2,1H3. The molecular weight excluding hydrogens is 236 g/mol. The summed E-state index contributed by atoms with van der Waals surface area (Å²) in [5.41, 5.74) is 3.01. The average Bonchev–Trinajstić information content (AvgIpc) is 2.63. The third-order valence-corrected chi connectivity index (χ3v) is 4.22. The zero-order valence-electron chi connectivity index (χ0n) is 11.8. The van der Waals surface area contributed by atoms with Crippen LogP contribution in [-0.4, -0.2) is 43.8 Å². The van der Waals surface area contributed by atoms with Crippen LogP contribution in [0, 0.1) is 0 Å². The molecule has 0 saturated carbocycles. The molecule has 2 atom stereocenters. The van der Waals surface area contributed by atoms with Gasteiger partial charge in [0.1, 0.15) is 0 Å². The highest BCUT2D eigenvalue weighted by molar-refractivity contribution is 5.32. The molecule has 19 heavy (non-hydrogen) atoms. The van der Waals surface area contributed by atoms with E-state index in [0.717, 1.165) is 39.2 Å². The summed E-state index contributed by atoms with van der Waals surface area (Å²) < 4.78 is 5.73. The van der Waals surface area contributed by atoms with Crippen LogP contribution in [0.3, 0.4) is 0 Å². The Morgan fingerprint density at radius 3 is 3.21 bits per heavy atom. The van der Waals surface area contributed by atoms with Gasteiger partial charge in [-0.15, -0.1) is 0 Å². The minimum absolute atomic E-state index is 0.370. The van der Waals surface area contributed by atoms with Crippen LogP contribution in [0.25, 0.3) is 0 Å². The molecule has 2 aliphatic rings. The molecule has 3 heteroatoms. The second-order valence-electron chi connectivity index (χ2n) is 5.82. The van der Waals surface area contributed by atoms with E-state index in [2.05, 4.69) is 41.4 Å². The van der Waals surface area contributed by atoms with Gasteiger partial charge in [0.15, 0.2) is 0 Å². The van der Waals surface area contributed by atoms with Crippen molar-refractivity contribution in [3.05, 3.63) is 35.4 Å². The fourth-order valence-corrected chi connectivity index (χ4v) is 3.31. The molecule has 3 nitrogen and oxygen atoms in total. The number of ether oxygens (including phenoxy) is 1. The van der Waals surface area contributed by atoms with E-state index in [1.807, 2.05) is 0 Å². The first kappa shape index (κ1) is 13.1. The van der Waals surface area contributed by atoms with Gasteiger partial charge in [0.2, 0.25) is 0 Å². The third kappa shape index (κ3) is 3.16. The molecule has 0 spiro atoms. The average molecular weight is 260 g/mol. The second-order valence-corrected chi connectivity index (χ2v) is 5.82. The lowest BCUT2D eigenvalue weighted by Crippen LogP contribution is -2.39. The summed E-state index contributed by atoms with van der Waals surface area (Å²) in [6.07, 6.45) is 1.53. The van der Waals surface area contributed by atoms with Crippen molar-refractivity contribution in [3.8, 4) is 0 Å². The summed E-state index contributed by atoms with van der Waals surface area (Å²) >= 11 is 0. The van der Waals surface area contributed by atoms with E-state index in [1.54, 1.807) is 5.56 Å². The number of benzene rings is 1. The highest BCUT2D eigenvalue weighted by atomic mass is 16.5. The van der Waals surface area contributed by atoms with Crippen molar-refractivity contribution in [2.45, 2.75) is 31.9 Å². The molecule has 0 aromatic heterocycles. The van der Waals surface area contributed by atoms with E-state index >= 15 is 0 Å². The Bertz CT molecular complexity index is 421. The van der Waals surface area contributed by atoms with Gasteiger partial charge in [-0.1, -0.05) is 24.3 Å². The summed E-state index contributed by atoms with van der Waals surface area (Å²) in [6.45, 7) is 8.61. The maximum absolute atomic E-state index is 5.73. The molecule has 1 aromatic rings. The summed E-state index contributed by atoms with van der Waals surface area (Å²) in [5, 5.41) is 3.55. The lowest BCUT2D eigenvalue weighted by Gasteiger charge is -2.31. The van der Waals surface area contributed by atoms with Crippen LogP contribution < -0.4 is 5.32 Å². The normalized spacial score (nSPS) is 28.7. The molecule has 2 heterocycles. The molecule has 1 fully saturated rings. The van der Waals surface area contributed by atoms with Crippen molar-refractivity contribution in [1.29, 1.82) is 0 Å². The van der Waals surface area contributed by atoms with Crippen molar-refractivity contribution in [3.63, 3.8) is 0 Å². The van der Waals surface area contributed by atoms with Gasteiger partial charge in [-0.2, -0.15) is 0 Å². The smallest absolute Gasteiger partial charge is 0.0673 e. The quantitative estimate of drug-likeness (QED) is 0.880. The first-order chi connectivity index (χ1) is 9.33. The molecule has 1 aromatic carbocycles. The fourth-order valence-electron chi connectivity index (χ4n) is 3.31. The monoisotopic (exact) mass is 260 g/mol. The Labute approximate surface area is 115 Å². The predicted octanol–water partition coefficient (Wildman–Crippen LogP) is 1.98. The predicted molar refractivity (Wildman–Crippen MR) is 77.4 cm³/mol. The van der Waals surface area contributed by atoms with Crippen LogP contribution in [-0.2, 0) is 11.3 Å². The SMILES string of the molecule is CC1CN(CC2CNCc3ccccc32)CCCO1. The van der Waals surface area contributed by atoms with Crippen LogP contribution in [0.5, 0.6) is 0 Å². The van der Waals surface area contributed by atoms with Gasteiger partial charge >= 0.3 is 0 Å². The van der Waals surface area contributed by atoms with Crippen LogP contribution in [0.4, 0.5) is 0 Å². The van der Waals surface area contributed by atoms with Crippen molar-refractivity contribution >= 4 is 0 Å². The molecule has 0 bridgehead atoms. The largest absolute Gasteiger partial charge is 0.377 e. The van der Waals surface area contributed by atoms with Crippen molar-refractivity contribution in [2.24, 2.45) is 0 Å². The van der Waals surface area contributed by atoms with E-state index in [9.17, 15) is 0 Å². The first-order valence-electron chi connectivity index (χ1n) is 7.45. The Kier molecular flexibility index (Phi) is 4.16. The minimum atomic E-state index is 0.370. The molecule has 0 radical (unpaired) electrons. The summed E-state index contributed by atoms with van der Waals surface area (Å²) in [5.74, 6) is 0.621. The Morgan fingerprint density at radius 2 is 2.26 bits per heavy atom. The Hall–Kier alpha value is -0.900. The summed E-state index contributed by atoms with van der Waals surface area (Å²) in [7, 11) is 0. The van der Waals surface area contributed by atoms with E-state index in [-0.39, 0.29) is 0 Å². The highest BCUT2D eigenvalue weighted by Gasteiger charge is 2.23. The molecule has 3 rings (SSSR count). The summed E-state index contributed by atoms with van der Waals surface area (Å²) in [4.78, 5) is 2.58. The Morgan fingerprint density at radius 1 is 1.37 bits per heavy atom. The zero-order chi connectivity index (χ0) is 13.1. The Balaban J connectivity index is 1.70. The van der Waals surface area contributed by atoms with Crippen LogP contribution in [0.15, 0.2) is 24.3 Å². The number of nitrogens with zero attached hydrogens (tertiary/aromatic N) is 1. The molecule has 1 N–H and O–H groups in total. The maximum atomic E-state index is 5.73. The van der Waals surface area contributed by atoms with E-state index in [4.69, 9.17) is 4.74 Å². The molecular formula is C16H24N2O. The van der Waals surface area contributed by atoms with Gasteiger partial charge in [-0.3, -0.25) is 0 Å². The lowest BCUT2D eigenvalue weighted by molar-refractivity contribution is 0.0668. The topological polar surface area (TPSA) is 24.5 Å². The van der Waals surface area contributed by atoms with E-state index < -0.39 is 0 Å². The van der Waals surface area contributed by atoms with E-state index in [0.29, 0.717) is 12.0 Å². The summed E-state index contributed by atoms with van der Waals surface area (Å²) in [6, 6.07) is 8.87. The van der Waals surface area contributed by atoms with Gasteiger partial charge < -0.3 is 15.0 Å². The van der Waals surface area contributed by atoms with Gasteiger partial charge in [-0.05, 0) is 24.5 Å². The maximum Gasteiger partial charge on any atom is 0.0673 e. The van der Waals surface area contributed by atoms with Gasteiger partial charge in [0, 0.05) is 45.2 Å². The molecule has 0 aliphatic carbocycles. The van der Waals surface area contributed by atoms with Gasteiger partial charge in [0.05, 0.1) is 6.10 Å². The van der Waals surface area contributed by atoms with Gasteiger partial charge in [0.25, 0.3) is 0 Å². The second kappa shape index (κ2) is 6.04. The zero-order valence-corrected chi connectivity index (χ0v) is 11.8. The number of rotatable bonds is 2. The highest BCUT2D eigenvalue weighted by Crippen LogP contribution is 2.25. The molecule has 1 saturated heterocycles. The van der Waals surface area contributed by atoms with Crippen molar-refractivity contribution in [1.82, 2.24) is 10.2 Å². The minimum Gasteiger partial charge on any atom is -0.377 e. The van der Waals surface area contributed by atoms with Gasteiger partial charge in [-0.25, -0.2) is 0 Å². The number of nitrogens with one attached hydrogen (secondary N) is 1. The van der Waals surface area contributed by atoms with Crippen LogP contribution >= 0.6 is 0 Å². The van der Waals surface area contributed by atoms with Crippen molar-refractivity contribution in [2.75, 3.05) is 32.8 Å². The van der Waals surface area contributed by atoms with E-state index in [1.165, 1.54) is 12.1 Å². The molecule has 104 valence electrons.